The third-order valence-corrected chi connectivity index (χ3v) is 5.37. The fraction of sp³-hybridized carbons (Fsp3) is 1.00. The summed E-state index contributed by atoms with van der Waals surface area (Å²) in [5.74, 6) is 0. The molecular weight excluding hydrogens is 232 g/mol. The van der Waals surface area contributed by atoms with Gasteiger partial charge in [-0.15, -0.1) is 0 Å². The van der Waals surface area contributed by atoms with Crippen molar-refractivity contribution in [2.45, 2.75) is 84.2 Å². The van der Waals surface area contributed by atoms with E-state index < -0.39 is 0 Å². The van der Waals surface area contributed by atoms with Crippen LogP contribution >= 0.6 is 0 Å². The maximum atomic E-state index is 3.90. The highest BCUT2D eigenvalue weighted by Crippen LogP contribution is 2.35. The Kier molecular flexibility index (Phi) is 5.70. The van der Waals surface area contributed by atoms with Gasteiger partial charge in [-0.3, -0.25) is 0 Å². The second-order valence-corrected chi connectivity index (χ2v) is 7.51. The van der Waals surface area contributed by atoms with E-state index in [1.54, 1.807) is 0 Å². The largest absolute Gasteiger partial charge is 0.313 e. The van der Waals surface area contributed by atoms with Gasteiger partial charge >= 0.3 is 0 Å². The Morgan fingerprint density at radius 1 is 1.05 bits per heavy atom. The van der Waals surface area contributed by atoms with Crippen molar-refractivity contribution >= 4 is 0 Å². The summed E-state index contributed by atoms with van der Waals surface area (Å²) < 4.78 is 0. The minimum atomic E-state index is 0.586. The van der Waals surface area contributed by atoms with Crippen LogP contribution in [0, 0.1) is 5.41 Å². The zero-order valence-corrected chi connectivity index (χ0v) is 13.4. The molecule has 2 nitrogen and oxygen atoms in total. The van der Waals surface area contributed by atoms with Gasteiger partial charge in [-0.1, -0.05) is 26.2 Å². The van der Waals surface area contributed by atoms with Gasteiger partial charge in [0.05, 0.1) is 0 Å². The van der Waals surface area contributed by atoms with E-state index in [0.29, 0.717) is 5.41 Å². The second kappa shape index (κ2) is 7.08. The highest BCUT2D eigenvalue weighted by molar-refractivity contribution is 4.84. The third kappa shape index (κ3) is 4.75. The van der Waals surface area contributed by atoms with Crippen molar-refractivity contribution in [1.82, 2.24) is 10.2 Å². The first-order valence-corrected chi connectivity index (χ1v) is 8.56. The van der Waals surface area contributed by atoms with Crippen molar-refractivity contribution in [2.75, 3.05) is 19.6 Å². The van der Waals surface area contributed by atoms with Crippen LogP contribution in [0.15, 0.2) is 0 Å². The Morgan fingerprint density at radius 2 is 1.79 bits per heavy atom. The van der Waals surface area contributed by atoms with Gasteiger partial charge in [0.1, 0.15) is 0 Å². The van der Waals surface area contributed by atoms with Crippen LogP contribution in [0.1, 0.15) is 72.1 Å². The lowest BCUT2D eigenvalue weighted by atomic mass is 9.75. The van der Waals surface area contributed by atoms with Gasteiger partial charge in [-0.2, -0.15) is 0 Å². The number of hydrogen-bond acceptors (Lipinski definition) is 2. The molecule has 1 atom stereocenters. The van der Waals surface area contributed by atoms with E-state index >= 15 is 0 Å². The molecule has 19 heavy (non-hydrogen) atoms. The van der Waals surface area contributed by atoms with E-state index in [1.807, 2.05) is 0 Å². The van der Waals surface area contributed by atoms with Crippen LogP contribution in [-0.2, 0) is 0 Å². The van der Waals surface area contributed by atoms with Crippen LogP contribution in [0.2, 0.25) is 0 Å². The van der Waals surface area contributed by atoms with Crippen molar-refractivity contribution in [2.24, 2.45) is 5.41 Å². The molecule has 1 aliphatic heterocycles. The standard InChI is InChI=1S/C17H34N2/c1-15(2)19-12-7-8-16(9-13-19)18-14-17(3)10-5-4-6-11-17/h15-16,18H,4-14H2,1-3H3. The van der Waals surface area contributed by atoms with Crippen LogP contribution < -0.4 is 5.32 Å². The summed E-state index contributed by atoms with van der Waals surface area (Å²) in [6.07, 6.45) is 11.3. The molecule has 0 radical (unpaired) electrons. The maximum absolute atomic E-state index is 3.90. The lowest BCUT2D eigenvalue weighted by Gasteiger charge is -2.35. The Hall–Kier alpha value is -0.0800. The van der Waals surface area contributed by atoms with Gasteiger partial charge in [0.2, 0.25) is 0 Å². The van der Waals surface area contributed by atoms with E-state index in [4.69, 9.17) is 0 Å². The fourth-order valence-corrected chi connectivity index (χ4v) is 3.81. The summed E-state index contributed by atoms with van der Waals surface area (Å²) in [6, 6.07) is 1.48. The van der Waals surface area contributed by atoms with Crippen molar-refractivity contribution < 1.29 is 0 Å². The van der Waals surface area contributed by atoms with Gasteiger partial charge in [0.15, 0.2) is 0 Å². The first-order valence-electron chi connectivity index (χ1n) is 8.56. The number of nitrogens with zero attached hydrogens (tertiary/aromatic N) is 1. The molecule has 1 saturated heterocycles. The predicted octanol–water partition coefficient (Wildman–Crippen LogP) is 3.81. The topological polar surface area (TPSA) is 15.3 Å². The SMILES string of the molecule is CC(C)N1CCCC(NCC2(C)CCCCC2)CC1. The minimum Gasteiger partial charge on any atom is -0.313 e. The molecule has 0 aromatic rings. The molecule has 2 aliphatic rings. The zero-order valence-electron chi connectivity index (χ0n) is 13.4. The molecule has 1 aliphatic carbocycles. The zero-order chi connectivity index (χ0) is 13.7. The number of rotatable bonds is 4. The molecule has 0 spiro atoms. The maximum Gasteiger partial charge on any atom is 0.00799 e. The lowest BCUT2D eigenvalue weighted by molar-refractivity contribution is 0.195. The van der Waals surface area contributed by atoms with Crippen LogP contribution in [0.5, 0.6) is 0 Å². The second-order valence-electron chi connectivity index (χ2n) is 7.51. The molecule has 0 amide bonds. The summed E-state index contributed by atoms with van der Waals surface area (Å²) in [7, 11) is 0. The smallest absolute Gasteiger partial charge is 0.00799 e. The predicted molar refractivity (Wildman–Crippen MR) is 83.5 cm³/mol. The Bertz CT molecular complexity index is 256. The molecule has 2 fully saturated rings. The van der Waals surface area contributed by atoms with Crippen LogP contribution in [-0.4, -0.2) is 36.6 Å². The lowest BCUT2D eigenvalue weighted by Crippen LogP contribution is -2.40. The molecule has 1 unspecified atom stereocenters. The summed E-state index contributed by atoms with van der Waals surface area (Å²) >= 11 is 0. The molecule has 0 aromatic carbocycles. The van der Waals surface area contributed by atoms with Crippen molar-refractivity contribution in [1.29, 1.82) is 0 Å². The quantitative estimate of drug-likeness (QED) is 0.832. The molecule has 1 saturated carbocycles. The fourth-order valence-electron chi connectivity index (χ4n) is 3.81. The van der Waals surface area contributed by atoms with Crippen LogP contribution in [0.4, 0.5) is 0 Å². The highest BCUT2D eigenvalue weighted by Gasteiger charge is 2.27. The molecular formula is C17H34N2. The molecule has 0 aromatic heterocycles. The van der Waals surface area contributed by atoms with E-state index in [0.717, 1.165) is 12.1 Å². The van der Waals surface area contributed by atoms with Crippen molar-refractivity contribution in [3.05, 3.63) is 0 Å². The average Bonchev–Trinajstić information content (AvgIpc) is 2.63. The Balaban J connectivity index is 1.73. The van der Waals surface area contributed by atoms with Crippen LogP contribution in [0.3, 0.4) is 0 Å². The Morgan fingerprint density at radius 3 is 2.47 bits per heavy atom. The van der Waals surface area contributed by atoms with Gasteiger partial charge in [-0.05, 0) is 64.5 Å². The van der Waals surface area contributed by atoms with Gasteiger partial charge in [-0.25, -0.2) is 0 Å². The van der Waals surface area contributed by atoms with Gasteiger partial charge < -0.3 is 10.2 Å². The third-order valence-electron chi connectivity index (χ3n) is 5.37. The number of likely N-dealkylation sites (tertiary alicyclic amines) is 1. The molecule has 2 heteroatoms. The summed E-state index contributed by atoms with van der Waals surface area (Å²) in [6.45, 7) is 11.0. The summed E-state index contributed by atoms with van der Waals surface area (Å²) in [5.41, 5.74) is 0.586. The van der Waals surface area contributed by atoms with Crippen LogP contribution in [0.25, 0.3) is 0 Å². The molecule has 1 heterocycles. The monoisotopic (exact) mass is 266 g/mol. The van der Waals surface area contributed by atoms with Gasteiger partial charge in [0.25, 0.3) is 0 Å². The first-order chi connectivity index (χ1) is 9.09. The van der Waals surface area contributed by atoms with E-state index in [-0.39, 0.29) is 0 Å². The van der Waals surface area contributed by atoms with Gasteiger partial charge in [0, 0.05) is 18.6 Å². The highest BCUT2D eigenvalue weighted by atomic mass is 15.1. The Labute approximate surface area is 120 Å². The number of nitrogens with one attached hydrogen (secondary N) is 1. The van der Waals surface area contributed by atoms with E-state index in [2.05, 4.69) is 31.0 Å². The van der Waals surface area contributed by atoms with Crippen molar-refractivity contribution in [3.63, 3.8) is 0 Å². The summed E-state index contributed by atoms with van der Waals surface area (Å²) in [4.78, 5) is 2.64. The van der Waals surface area contributed by atoms with Crippen molar-refractivity contribution in [3.8, 4) is 0 Å². The molecule has 1 N–H and O–H groups in total. The van der Waals surface area contributed by atoms with E-state index in [9.17, 15) is 0 Å². The minimum absolute atomic E-state index is 0.586. The summed E-state index contributed by atoms with van der Waals surface area (Å²) in [5, 5.41) is 3.90. The van der Waals surface area contributed by atoms with E-state index in [1.165, 1.54) is 71.0 Å². The molecule has 0 bridgehead atoms. The average molecular weight is 266 g/mol. The molecule has 2 rings (SSSR count). The number of hydrogen-bond donors (Lipinski definition) is 1. The first kappa shape index (κ1) is 15.3. The normalized spacial score (nSPS) is 29.4. The molecule has 112 valence electrons.